The molecule has 0 bridgehead atoms. The van der Waals surface area contributed by atoms with Crippen molar-refractivity contribution in [2.45, 2.75) is 65.7 Å². The van der Waals surface area contributed by atoms with Crippen LogP contribution in [0.2, 0.25) is 5.02 Å². The monoisotopic (exact) mass is 586 g/mol. The van der Waals surface area contributed by atoms with E-state index in [1.165, 1.54) is 0 Å². The summed E-state index contributed by atoms with van der Waals surface area (Å²) in [4.78, 5) is 24.2. The van der Waals surface area contributed by atoms with Crippen LogP contribution in [0.25, 0.3) is 22.6 Å². The van der Waals surface area contributed by atoms with Crippen LogP contribution in [0.1, 0.15) is 43.7 Å². The maximum atomic E-state index is 12.7. The summed E-state index contributed by atoms with van der Waals surface area (Å²) in [5.41, 5.74) is 3.56. The number of anilines is 1. The van der Waals surface area contributed by atoms with Gasteiger partial charge in [0.15, 0.2) is 5.82 Å². The van der Waals surface area contributed by atoms with Crippen molar-refractivity contribution < 1.29 is 23.9 Å². The number of aliphatic hydroxyl groups is 1. The number of amides is 1. The molecule has 222 valence electrons. The second kappa shape index (κ2) is 13.5. The van der Waals surface area contributed by atoms with Crippen molar-refractivity contribution in [3.05, 3.63) is 40.2 Å². The number of hydrogen-bond acceptors (Lipinski definition) is 10. The Bertz CT molecular complexity index is 1340. The highest BCUT2D eigenvalue weighted by Crippen LogP contribution is 2.36. The number of nitrogens with zero attached hydrogens (tertiary/aromatic N) is 4. The number of likely N-dealkylation sites (tertiary alicyclic amines) is 1. The summed E-state index contributed by atoms with van der Waals surface area (Å²) >= 11 is 6.65. The number of carbonyl (C=O) groups is 1. The molecule has 1 aliphatic rings. The number of halogens is 1. The molecule has 3 aromatic rings. The number of hydrogen-bond donors (Lipinski definition) is 3. The van der Waals surface area contributed by atoms with Crippen LogP contribution in [-0.4, -0.2) is 82.8 Å². The predicted molar refractivity (Wildman–Crippen MR) is 157 cm³/mol. The van der Waals surface area contributed by atoms with Gasteiger partial charge in [0, 0.05) is 30.8 Å². The van der Waals surface area contributed by atoms with E-state index in [-0.39, 0.29) is 24.8 Å². The zero-order valence-corrected chi connectivity index (χ0v) is 25.2. The lowest BCUT2D eigenvalue weighted by Crippen LogP contribution is -2.40. The van der Waals surface area contributed by atoms with Gasteiger partial charge in [0.25, 0.3) is 0 Å². The first-order valence-corrected chi connectivity index (χ1v) is 14.2. The summed E-state index contributed by atoms with van der Waals surface area (Å²) in [6, 6.07) is 5.19. The Morgan fingerprint density at radius 1 is 1.27 bits per heavy atom. The van der Waals surface area contributed by atoms with Crippen LogP contribution in [0.15, 0.2) is 22.7 Å². The predicted octanol–water partition coefficient (Wildman–Crippen LogP) is 4.76. The lowest BCUT2D eigenvalue weighted by Gasteiger charge is -2.26. The Morgan fingerprint density at radius 2 is 2.05 bits per heavy atom. The third-order valence-electron chi connectivity index (χ3n) is 6.93. The number of nitrogens with one attached hydrogen (secondary N) is 2. The Morgan fingerprint density at radius 3 is 2.73 bits per heavy atom. The molecule has 11 nitrogen and oxygen atoms in total. The highest BCUT2D eigenvalue weighted by molar-refractivity contribution is 6.33. The van der Waals surface area contributed by atoms with Crippen molar-refractivity contribution in [3.63, 3.8) is 0 Å². The summed E-state index contributed by atoms with van der Waals surface area (Å²) in [6.07, 6.45) is 0.618. The molecule has 2 atom stereocenters. The van der Waals surface area contributed by atoms with Gasteiger partial charge in [-0.15, -0.1) is 0 Å². The zero-order valence-electron chi connectivity index (χ0n) is 24.5. The van der Waals surface area contributed by atoms with Crippen molar-refractivity contribution in [2.75, 3.05) is 38.6 Å². The fourth-order valence-electron chi connectivity index (χ4n) is 4.90. The van der Waals surface area contributed by atoms with Crippen LogP contribution in [0.4, 0.5) is 10.6 Å². The molecular weight excluding hydrogens is 548 g/mol. The average Bonchev–Trinajstić information content (AvgIpc) is 3.53. The fraction of sp³-hybridized carbons (Fsp3) is 0.517. The molecular formula is C29H39ClN6O5. The first kappa shape index (κ1) is 30.5. The first-order valence-electron chi connectivity index (χ1n) is 13.9. The summed E-state index contributed by atoms with van der Waals surface area (Å²) in [5.74, 6) is 2.17. The molecule has 1 amide bonds. The highest BCUT2D eigenvalue weighted by Gasteiger charge is 2.31. The fourth-order valence-corrected chi connectivity index (χ4v) is 5.10. The second-order valence-electron chi connectivity index (χ2n) is 10.5. The largest absolute Gasteiger partial charge is 0.491 e. The molecule has 0 aliphatic carbocycles. The Balaban J connectivity index is 1.69. The van der Waals surface area contributed by atoms with Crippen LogP contribution < -0.4 is 15.4 Å². The molecule has 0 radical (unpaired) electrons. The van der Waals surface area contributed by atoms with Gasteiger partial charge >= 0.3 is 6.09 Å². The number of aliphatic hydroxyl groups excluding tert-OH is 1. The number of ether oxygens (including phenoxy) is 2. The number of aromatic nitrogens is 3. The highest BCUT2D eigenvalue weighted by atomic mass is 35.5. The van der Waals surface area contributed by atoms with Gasteiger partial charge in [-0.05, 0) is 72.7 Å². The van der Waals surface area contributed by atoms with Crippen molar-refractivity contribution in [3.8, 4) is 28.4 Å². The SMILES string of the molecule is CNCC(O)COc1ccc(Cl)c(-c2nc(NCC3CCCN3C(=O)OC(C)C)c(C)c(-c3c(C)noc3C)n2)c1. The van der Waals surface area contributed by atoms with Crippen LogP contribution in [0.5, 0.6) is 5.75 Å². The maximum absolute atomic E-state index is 12.7. The van der Waals surface area contributed by atoms with E-state index in [9.17, 15) is 9.90 Å². The van der Waals surface area contributed by atoms with E-state index in [4.69, 9.17) is 35.6 Å². The second-order valence-corrected chi connectivity index (χ2v) is 10.9. The van der Waals surface area contributed by atoms with E-state index in [0.717, 1.165) is 24.0 Å². The number of aryl methyl sites for hydroxylation is 2. The molecule has 41 heavy (non-hydrogen) atoms. The maximum Gasteiger partial charge on any atom is 0.410 e. The van der Waals surface area contributed by atoms with Crippen LogP contribution in [0.3, 0.4) is 0 Å². The molecule has 3 N–H and O–H groups in total. The summed E-state index contributed by atoms with van der Waals surface area (Å²) in [5, 5.41) is 21.0. The quantitative estimate of drug-likeness (QED) is 0.289. The molecule has 1 saturated heterocycles. The number of benzene rings is 1. The molecule has 4 rings (SSSR count). The van der Waals surface area contributed by atoms with Gasteiger partial charge in [-0.2, -0.15) is 0 Å². The minimum Gasteiger partial charge on any atom is -0.491 e. The smallest absolute Gasteiger partial charge is 0.410 e. The van der Waals surface area contributed by atoms with Crippen LogP contribution in [0, 0.1) is 20.8 Å². The van der Waals surface area contributed by atoms with E-state index in [1.54, 1.807) is 30.1 Å². The van der Waals surface area contributed by atoms with Gasteiger partial charge in [0.05, 0.1) is 34.1 Å². The Labute approximate surface area is 245 Å². The van der Waals surface area contributed by atoms with Crippen LogP contribution >= 0.6 is 11.6 Å². The molecule has 1 fully saturated rings. The van der Waals surface area contributed by atoms with Crippen LogP contribution in [-0.2, 0) is 4.74 Å². The van der Waals surface area contributed by atoms with Gasteiger partial charge in [-0.3, -0.25) is 0 Å². The van der Waals surface area contributed by atoms with Crippen molar-refractivity contribution >= 4 is 23.5 Å². The van der Waals surface area contributed by atoms with E-state index in [2.05, 4.69) is 15.8 Å². The Hall–Kier alpha value is -3.41. The topological polar surface area (TPSA) is 135 Å². The van der Waals surface area contributed by atoms with Crippen molar-refractivity contribution in [2.24, 2.45) is 0 Å². The molecule has 2 aromatic heterocycles. The lowest BCUT2D eigenvalue weighted by atomic mass is 10.0. The normalized spacial score (nSPS) is 15.8. The number of likely N-dealkylation sites (N-methyl/N-ethyl adjacent to an activating group) is 1. The molecule has 3 heterocycles. The lowest BCUT2D eigenvalue weighted by molar-refractivity contribution is 0.0746. The van der Waals surface area contributed by atoms with E-state index >= 15 is 0 Å². The number of rotatable bonds is 11. The molecule has 0 saturated carbocycles. The minimum absolute atomic E-state index is 0.0362. The molecule has 12 heteroatoms. The molecule has 2 unspecified atom stereocenters. The summed E-state index contributed by atoms with van der Waals surface area (Å²) in [7, 11) is 1.77. The third-order valence-corrected chi connectivity index (χ3v) is 7.26. The van der Waals surface area contributed by atoms with Gasteiger partial charge in [0.1, 0.15) is 30.0 Å². The van der Waals surface area contributed by atoms with E-state index < -0.39 is 6.10 Å². The summed E-state index contributed by atoms with van der Waals surface area (Å²) < 4.78 is 16.7. The third kappa shape index (κ3) is 7.27. The van der Waals surface area contributed by atoms with Crippen molar-refractivity contribution in [1.82, 2.24) is 25.3 Å². The minimum atomic E-state index is -0.662. The van der Waals surface area contributed by atoms with Gasteiger partial charge in [0.2, 0.25) is 0 Å². The summed E-state index contributed by atoms with van der Waals surface area (Å²) in [6.45, 7) is 11.0. The standard InChI is InChI=1S/C29H39ClN6O5/c1-16(2)40-29(38)36-11-7-8-20(36)13-32-27-17(3)26(25-18(4)35-41-19(25)5)33-28(34-27)23-12-22(9-10-24(23)30)39-15-21(37)14-31-6/h9-10,12,16,20-21,31,37H,7-8,11,13-15H2,1-6H3,(H,32,33,34). The molecule has 0 spiro atoms. The van der Waals surface area contributed by atoms with Gasteiger partial charge in [-0.25, -0.2) is 14.8 Å². The molecule has 1 aliphatic heterocycles. The van der Waals surface area contributed by atoms with Gasteiger partial charge < -0.3 is 34.6 Å². The van der Waals surface area contributed by atoms with Crippen molar-refractivity contribution in [1.29, 1.82) is 0 Å². The van der Waals surface area contributed by atoms with Gasteiger partial charge in [-0.1, -0.05) is 16.8 Å². The number of carbonyl (C=O) groups excluding carboxylic acids is 1. The molecule has 1 aromatic carbocycles. The van der Waals surface area contributed by atoms with E-state index in [0.29, 0.717) is 64.8 Å². The zero-order chi connectivity index (χ0) is 29.7. The van der Waals surface area contributed by atoms with E-state index in [1.807, 2.05) is 34.6 Å². The average molecular weight is 587 g/mol. The Kier molecular flexibility index (Phi) is 10.1. The first-order chi connectivity index (χ1) is 19.6.